The summed E-state index contributed by atoms with van der Waals surface area (Å²) >= 11 is 34.5. The molecule has 0 aromatic rings. The molecule has 0 nitrogen and oxygen atoms in total. The second-order valence-electron chi connectivity index (χ2n) is 2.22. The van der Waals surface area contributed by atoms with E-state index < -0.39 is 6.69 Å². The molecule has 0 atom stereocenters. The minimum Gasteiger partial charge on any atom is -0.146 e. The van der Waals surface area contributed by atoms with Crippen LogP contribution < -0.4 is 0 Å². The second kappa shape index (κ2) is 7.63. The van der Waals surface area contributed by atoms with Crippen molar-refractivity contribution in [2.24, 2.45) is 0 Å². The van der Waals surface area contributed by atoms with Crippen molar-refractivity contribution < 1.29 is 0 Å². The summed E-state index contributed by atoms with van der Waals surface area (Å²) < 4.78 is -0.731. The van der Waals surface area contributed by atoms with E-state index in [1.807, 2.05) is 0 Å². The zero-order valence-corrected chi connectivity index (χ0v) is 13.9. The Hall–Kier alpha value is 2.39. The molecule has 0 N–H and O–H groups in total. The molecule has 13 heavy (non-hydrogen) atoms. The molecule has 0 fully saturated rings. The van der Waals surface area contributed by atoms with Crippen molar-refractivity contribution in [3.63, 3.8) is 0 Å². The van der Waals surface area contributed by atoms with Crippen molar-refractivity contribution in [1.29, 1.82) is 0 Å². The molecule has 0 aromatic heterocycles. The lowest BCUT2D eigenvalue weighted by Gasteiger charge is -2.15. The van der Waals surface area contributed by atoms with Gasteiger partial charge in [0, 0.05) is 0 Å². The van der Waals surface area contributed by atoms with Crippen molar-refractivity contribution >= 4 is 94.3 Å². The van der Waals surface area contributed by atoms with Crippen LogP contribution in [0, 0.1) is 0 Å². The first kappa shape index (κ1) is 15.4. The van der Waals surface area contributed by atoms with E-state index in [0.717, 1.165) is 0 Å². The number of halogens is 6. The molecule has 9 heteroatoms. The zero-order valence-electron chi connectivity index (χ0n) is 6.34. The van der Waals surface area contributed by atoms with Crippen LogP contribution in [0.4, 0.5) is 0 Å². The van der Waals surface area contributed by atoms with Crippen LogP contribution in [-0.2, 0) is 0 Å². The fraction of sp³-hybridized carbons (Fsp3) is 1.00. The first-order valence-corrected chi connectivity index (χ1v) is 12.0. The van der Waals surface area contributed by atoms with E-state index in [2.05, 4.69) is 0 Å². The Morgan fingerprint density at radius 1 is 0.846 bits per heavy atom. The summed E-state index contributed by atoms with van der Waals surface area (Å²) in [5, 5.41) is 0. The van der Waals surface area contributed by atoms with Crippen LogP contribution in [0.3, 0.4) is 0 Å². The number of alkyl halides is 4. The van der Waals surface area contributed by atoms with Gasteiger partial charge >= 0.3 is 0 Å². The van der Waals surface area contributed by atoms with Gasteiger partial charge in [0.25, 0.3) is 0 Å². The maximum atomic E-state index is 6.11. The molecule has 0 aromatic carbocycles. The van der Waals surface area contributed by atoms with Crippen LogP contribution >= 0.6 is 68.6 Å². The highest BCUT2D eigenvalue weighted by Crippen LogP contribution is 2.26. The SMILES string of the molecule is ClC(Cl)[Si]C[Si](Cl)(Cl)C[Si]C(Cl)Cl. The lowest BCUT2D eigenvalue weighted by molar-refractivity contribution is 1.69. The van der Waals surface area contributed by atoms with E-state index in [1.165, 1.54) is 0 Å². The molecule has 0 saturated carbocycles. The average molecular weight is 351 g/mol. The predicted octanol–water partition coefficient (Wildman–Crippen LogP) is 3.75. The number of rotatable bonds is 6. The number of hydrogen-bond acceptors (Lipinski definition) is 0. The Kier molecular flexibility index (Phi) is 9.03. The van der Waals surface area contributed by atoms with Crippen LogP contribution in [0.25, 0.3) is 0 Å². The van der Waals surface area contributed by atoms with Gasteiger partial charge in [-0.25, -0.2) is 0 Å². The molecule has 76 valence electrons. The standard InChI is InChI=1S/C4H6Cl6Si3/c5-3(6)11-1-13(9,10)2-12-4(7)8/h3-4H,1-2H2. The van der Waals surface area contributed by atoms with Gasteiger partial charge in [0.1, 0.15) is 0 Å². The second-order valence-corrected chi connectivity index (χ2v) is 17.3. The third-order valence-corrected chi connectivity index (χ3v) is 14.1. The summed E-state index contributed by atoms with van der Waals surface area (Å²) in [6, 6.07) is 0. The van der Waals surface area contributed by atoms with Gasteiger partial charge in [-0.3, -0.25) is 0 Å². The Labute approximate surface area is 114 Å². The van der Waals surface area contributed by atoms with Gasteiger partial charge in [-0.2, -0.15) is 0 Å². The summed E-state index contributed by atoms with van der Waals surface area (Å²) in [4.78, 5) is 0. The van der Waals surface area contributed by atoms with Crippen LogP contribution in [0.5, 0.6) is 0 Å². The largest absolute Gasteiger partial charge is 0.245 e. The molecule has 0 saturated heterocycles. The fourth-order valence-corrected chi connectivity index (χ4v) is 11.3. The predicted molar refractivity (Wildman–Crippen MR) is 69.6 cm³/mol. The molecule has 0 amide bonds. The lowest BCUT2D eigenvalue weighted by atomic mass is 11.8. The van der Waals surface area contributed by atoms with Gasteiger partial charge in [0.2, 0.25) is 6.69 Å². The Morgan fingerprint density at radius 3 is 1.38 bits per heavy atom. The van der Waals surface area contributed by atoms with Crippen LogP contribution in [0.2, 0.25) is 11.3 Å². The summed E-state index contributed by atoms with van der Waals surface area (Å²) in [5.74, 6) is 0. The molecule has 0 rings (SSSR count). The smallest absolute Gasteiger partial charge is 0.146 e. The molecule has 0 aliphatic heterocycles. The topological polar surface area (TPSA) is 0 Å². The van der Waals surface area contributed by atoms with Gasteiger partial charge in [-0.1, -0.05) is 0 Å². The molecule has 0 aliphatic carbocycles. The zero-order chi connectivity index (χ0) is 10.5. The Bertz CT molecular complexity index is 126. The Balaban J connectivity index is 3.66. The fourth-order valence-electron chi connectivity index (χ4n) is 0.515. The van der Waals surface area contributed by atoms with E-state index in [0.29, 0.717) is 30.4 Å². The summed E-state index contributed by atoms with van der Waals surface area (Å²) in [7, 11) is 0.781. The van der Waals surface area contributed by atoms with Gasteiger partial charge in [-0.15, -0.1) is 68.6 Å². The summed E-state index contributed by atoms with van der Waals surface area (Å²) in [6.07, 6.45) is 0. The quantitative estimate of drug-likeness (QED) is 0.389. The average Bonchev–Trinajstić information content (AvgIpc) is 1.98. The minimum absolute atomic E-state index is 0.365. The van der Waals surface area contributed by atoms with Gasteiger partial charge in [0.15, 0.2) is 0 Å². The van der Waals surface area contributed by atoms with E-state index in [-0.39, 0.29) is 8.92 Å². The maximum absolute atomic E-state index is 6.11. The highest BCUT2D eigenvalue weighted by atomic mass is 35.7. The third-order valence-electron chi connectivity index (χ3n) is 1.03. The van der Waals surface area contributed by atoms with Crippen molar-refractivity contribution in [3.05, 3.63) is 0 Å². The molecule has 4 radical (unpaired) electrons. The molecular formula is C4H6Cl6Si3. The van der Waals surface area contributed by atoms with Gasteiger partial charge < -0.3 is 0 Å². The molecule has 0 spiro atoms. The first-order valence-electron chi connectivity index (χ1n) is 3.24. The third kappa shape index (κ3) is 10.7. The lowest BCUT2D eigenvalue weighted by Crippen LogP contribution is -2.27. The molecule has 0 heterocycles. The highest BCUT2D eigenvalue weighted by Gasteiger charge is 2.29. The van der Waals surface area contributed by atoms with E-state index in [9.17, 15) is 0 Å². The normalized spacial score (nSPS) is 12.9. The Morgan fingerprint density at radius 2 is 1.15 bits per heavy atom. The van der Waals surface area contributed by atoms with E-state index in [1.54, 1.807) is 0 Å². The summed E-state index contributed by atoms with van der Waals surface area (Å²) in [5.41, 5.74) is 1.42. The maximum Gasteiger partial charge on any atom is 0.245 e. The van der Waals surface area contributed by atoms with Crippen LogP contribution in [-0.4, -0.2) is 34.7 Å². The molecule has 0 unspecified atom stereocenters. The monoisotopic (exact) mass is 348 g/mol. The molecular weight excluding hydrogens is 345 g/mol. The van der Waals surface area contributed by atoms with Gasteiger partial charge in [-0.05, 0) is 11.3 Å². The highest BCUT2D eigenvalue weighted by molar-refractivity contribution is 7.48. The van der Waals surface area contributed by atoms with Crippen LogP contribution in [0.1, 0.15) is 0 Å². The van der Waals surface area contributed by atoms with Gasteiger partial charge in [0.05, 0.1) is 28.0 Å². The van der Waals surface area contributed by atoms with Crippen LogP contribution in [0.15, 0.2) is 0 Å². The van der Waals surface area contributed by atoms with Crippen molar-refractivity contribution in [1.82, 2.24) is 0 Å². The van der Waals surface area contributed by atoms with Crippen molar-refractivity contribution in [2.75, 3.05) is 0 Å². The molecule has 0 aliphatic rings. The number of hydrogen-bond donors (Lipinski definition) is 0. The molecule has 0 bridgehead atoms. The van der Waals surface area contributed by atoms with Crippen molar-refractivity contribution in [3.8, 4) is 0 Å². The first-order chi connectivity index (χ1) is 5.83. The van der Waals surface area contributed by atoms with E-state index >= 15 is 0 Å². The van der Waals surface area contributed by atoms with E-state index in [4.69, 9.17) is 68.6 Å². The van der Waals surface area contributed by atoms with Crippen molar-refractivity contribution in [2.45, 2.75) is 20.3 Å². The summed E-state index contributed by atoms with van der Waals surface area (Å²) in [6.45, 7) is -2.20. The minimum atomic E-state index is -2.20.